The number of amides is 1. The highest BCUT2D eigenvalue weighted by atomic mass is 35.5. The Morgan fingerprint density at radius 1 is 1.24 bits per heavy atom. The molecule has 0 spiro atoms. The van der Waals surface area contributed by atoms with E-state index in [9.17, 15) is 9.18 Å². The van der Waals surface area contributed by atoms with Gasteiger partial charge in [-0.3, -0.25) is 9.78 Å². The van der Waals surface area contributed by atoms with Gasteiger partial charge in [0, 0.05) is 23.5 Å². The molecule has 0 radical (unpaired) electrons. The van der Waals surface area contributed by atoms with Crippen LogP contribution in [0.25, 0.3) is 0 Å². The molecule has 2 rings (SSSR count). The van der Waals surface area contributed by atoms with Crippen molar-refractivity contribution in [1.29, 1.82) is 0 Å². The van der Waals surface area contributed by atoms with Gasteiger partial charge in [-0.2, -0.15) is 5.10 Å². The lowest BCUT2D eigenvalue weighted by Gasteiger charge is -2.06. The van der Waals surface area contributed by atoms with Crippen LogP contribution >= 0.6 is 23.2 Å². The molecule has 1 N–H and O–H groups in total. The normalized spacial score (nSPS) is 11.3. The minimum absolute atomic E-state index is 0.0719. The van der Waals surface area contributed by atoms with E-state index in [0.29, 0.717) is 16.8 Å². The van der Waals surface area contributed by atoms with Crippen LogP contribution in [0.15, 0.2) is 41.8 Å². The Hall–Kier alpha value is -1.98. The highest BCUT2D eigenvalue weighted by molar-refractivity contribution is 6.37. The van der Waals surface area contributed by atoms with Crippen molar-refractivity contribution in [3.8, 4) is 0 Å². The van der Waals surface area contributed by atoms with Crippen LogP contribution < -0.4 is 5.43 Å². The zero-order valence-corrected chi connectivity index (χ0v) is 12.4. The van der Waals surface area contributed by atoms with Crippen molar-refractivity contribution < 1.29 is 9.18 Å². The fourth-order valence-electron chi connectivity index (χ4n) is 1.56. The first kappa shape index (κ1) is 15.4. The Morgan fingerprint density at radius 2 is 1.90 bits per heavy atom. The summed E-state index contributed by atoms with van der Waals surface area (Å²) in [4.78, 5) is 15.6. The SMILES string of the molecule is C/C(=N/NC(=O)c1ccncc1)c1cc(F)c(Cl)cc1Cl. The summed E-state index contributed by atoms with van der Waals surface area (Å²) < 4.78 is 13.4. The first-order valence-electron chi connectivity index (χ1n) is 5.88. The molecule has 1 heterocycles. The summed E-state index contributed by atoms with van der Waals surface area (Å²) in [5.41, 5.74) is 3.49. The van der Waals surface area contributed by atoms with Crippen molar-refractivity contribution in [3.05, 3.63) is 63.6 Å². The highest BCUT2D eigenvalue weighted by Crippen LogP contribution is 2.24. The number of hydrogen-bond acceptors (Lipinski definition) is 3. The number of hydrogen-bond donors (Lipinski definition) is 1. The third-order valence-electron chi connectivity index (χ3n) is 2.67. The summed E-state index contributed by atoms with van der Waals surface area (Å²) in [6.45, 7) is 1.60. The molecule has 1 amide bonds. The third-order valence-corrected chi connectivity index (χ3v) is 3.27. The molecule has 0 aliphatic carbocycles. The molecule has 108 valence electrons. The molecular formula is C14H10Cl2FN3O. The van der Waals surface area contributed by atoms with Crippen LogP contribution in [0.4, 0.5) is 4.39 Å². The second kappa shape index (κ2) is 6.65. The average Bonchev–Trinajstić information content (AvgIpc) is 2.49. The predicted molar refractivity (Wildman–Crippen MR) is 80.3 cm³/mol. The van der Waals surface area contributed by atoms with Gasteiger partial charge in [-0.25, -0.2) is 9.82 Å². The zero-order chi connectivity index (χ0) is 15.4. The molecule has 0 saturated carbocycles. The van der Waals surface area contributed by atoms with Crippen molar-refractivity contribution in [1.82, 2.24) is 10.4 Å². The molecule has 0 saturated heterocycles. The number of benzene rings is 1. The molecule has 1 aromatic carbocycles. The smallest absolute Gasteiger partial charge is 0.267 e. The van der Waals surface area contributed by atoms with E-state index >= 15 is 0 Å². The van der Waals surface area contributed by atoms with Crippen LogP contribution in [0.2, 0.25) is 10.0 Å². The van der Waals surface area contributed by atoms with E-state index in [1.165, 1.54) is 24.5 Å². The van der Waals surface area contributed by atoms with Crippen LogP contribution in [0, 0.1) is 5.82 Å². The molecule has 1 aromatic heterocycles. The number of nitrogens with zero attached hydrogens (tertiary/aromatic N) is 2. The van der Waals surface area contributed by atoms with E-state index in [0.717, 1.165) is 0 Å². The number of carbonyl (C=O) groups is 1. The van der Waals surface area contributed by atoms with Crippen molar-refractivity contribution in [2.24, 2.45) is 5.10 Å². The number of aromatic nitrogens is 1. The minimum Gasteiger partial charge on any atom is -0.267 e. The molecule has 0 bridgehead atoms. The lowest BCUT2D eigenvalue weighted by molar-refractivity contribution is 0.0954. The maximum Gasteiger partial charge on any atom is 0.271 e. The number of nitrogens with one attached hydrogen (secondary N) is 1. The Labute approximate surface area is 130 Å². The van der Waals surface area contributed by atoms with Gasteiger partial charge >= 0.3 is 0 Å². The molecule has 7 heteroatoms. The quantitative estimate of drug-likeness (QED) is 0.531. The topological polar surface area (TPSA) is 54.4 Å². The number of carbonyl (C=O) groups excluding carboxylic acids is 1. The molecule has 0 aliphatic rings. The van der Waals surface area contributed by atoms with Gasteiger partial charge in [0.1, 0.15) is 5.82 Å². The molecular weight excluding hydrogens is 316 g/mol. The summed E-state index contributed by atoms with van der Waals surface area (Å²) in [6.07, 6.45) is 2.99. The highest BCUT2D eigenvalue weighted by Gasteiger charge is 2.10. The van der Waals surface area contributed by atoms with Gasteiger partial charge in [-0.1, -0.05) is 23.2 Å². The predicted octanol–water partition coefficient (Wildman–Crippen LogP) is 3.68. The van der Waals surface area contributed by atoms with Crippen molar-refractivity contribution >= 4 is 34.8 Å². The van der Waals surface area contributed by atoms with E-state index in [1.54, 1.807) is 19.1 Å². The van der Waals surface area contributed by atoms with Crippen molar-refractivity contribution in [2.45, 2.75) is 6.92 Å². The van der Waals surface area contributed by atoms with E-state index in [2.05, 4.69) is 15.5 Å². The van der Waals surface area contributed by atoms with Gasteiger partial charge in [0.25, 0.3) is 5.91 Å². The lowest BCUT2D eigenvalue weighted by Crippen LogP contribution is -2.19. The summed E-state index contributed by atoms with van der Waals surface area (Å²) >= 11 is 11.6. The Kier molecular flexibility index (Phi) is 4.88. The van der Waals surface area contributed by atoms with Crippen LogP contribution in [0.5, 0.6) is 0 Å². The summed E-state index contributed by atoms with van der Waals surface area (Å²) in [7, 11) is 0. The summed E-state index contributed by atoms with van der Waals surface area (Å²) in [5, 5.41) is 4.08. The molecule has 4 nitrogen and oxygen atoms in total. The van der Waals surface area contributed by atoms with Crippen LogP contribution in [-0.2, 0) is 0 Å². The van der Waals surface area contributed by atoms with Crippen molar-refractivity contribution in [2.75, 3.05) is 0 Å². The Balaban J connectivity index is 2.19. The van der Waals surface area contributed by atoms with Gasteiger partial charge in [0.2, 0.25) is 0 Å². The Bertz CT molecular complexity index is 705. The number of pyridine rings is 1. The summed E-state index contributed by atoms with van der Waals surface area (Å²) in [6, 6.07) is 5.56. The van der Waals surface area contributed by atoms with E-state index in [-0.39, 0.29) is 10.0 Å². The van der Waals surface area contributed by atoms with Crippen LogP contribution in [0.3, 0.4) is 0 Å². The molecule has 2 aromatic rings. The van der Waals surface area contributed by atoms with Gasteiger partial charge in [0.05, 0.1) is 15.8 Å². The second-order valence-electron chi connectivity index (χ2n) is 4.12. The van der Waals surface area contributed by atoms with E-state index in [1.807, 2.05) is 0 Å². The summed E-state index contributed by atoms with van der Waals surface area (Å²) in [5.74, 6) is -1.01. The van der Waals surface area contributed by atoms with Crippen molar-refractivity contribution in [3.63, 3.8) is 0 Å². The van der Waals surface area contributed by atoms with E-state index < -0.39 is 11.7 Å². The molecule has 0 atom stereocenters. The molecule has 0 unspecified atom stereocenters. The average molecular weight is 326 g/mol. The number of hydrazone groups is 1. The standard InChI is InChI=1S/C14H10Cl2FN3O/c1-8(10-6-13(17)12(16)7-11(10)15)19-20-14(21)9-2-4-18-5-3-9/h2-7H,1H3,(H,20,21)/b19-8-. The minimum atomic E-state index is -0.605. The maximum absolute atomic E-state index is 13.4. The third kappa shape index (κ3) is 3.77. The first-order chi connectivity index (χ1) is 9.99. The maximum atomic E-state index is 13.4. The molecule has 0 fully saturated rings. The first-order valence-corrected chi connectivity index (χ1v) is 6.64. The van der Waals surface area contributed by atoms with Crippen LogP contribution in [0.1, 0.15) is 22.8 Å². The van der Waals surface area contributed by atoms with Gasteiger partial charge in [-0.15, -0.1) is 0 Å². The van der Waals surface area contributed by atoms with Gasteiger partial charge in [0.15, 0.2) is 0 Å². The van der Waals surface area contributed by atoms with E-state index in [4.69, 9.17) is 23.2 Å². The van der Waals surface area contributed by atoms with Gasteiger partial charge in [-0.05, 0) is 31.2 Å². The second-order valence-corrected chi connectivity index (χ2v) is 4.93. The monoisotopic (exact) mass is 325 g/mol. The largest absolute Gasteiger partial charge is 0.271 e. The Morgan fingerprint density at radius 3 is 2.57 bits per heavy atom. The van der Waals surface area contributed by atoms with Gasteiger partial charge < -0.3 is 0 Å². The zero-order valence-electron chi connectivity index (χ0n) is 10.9. The fourth-order valence-corrected chi connectivity index (χ4v) is 2.08. The number of halogens is 3. The molecule has 21 heavy (non-hydrogen) atoms. The fraction of sp³-hybridized carbons (Fsp3) is 0.0714. The van der Waals surface area contributed by atoms with Crippen LogP contribution in [-0.4, -0.2) is 16.6 Å². The lowest BCUT2D eigenvalue weighted by atomic mass is 10.1. The molecule has 0 aliphatic heterocycles. The number of rotatable bonds is 3.